The Morgan fingerprint density at radius 2 is 1.91 bits per heavy atom. The Morgan fingerprint density at radius 1 is 1.09 bits per heavy atom. The Bertz CT molecular complexity index is 1240. The number of hydrogen-bond donors (Lipinski definition) is 1. The Labute approximate surface area is 188 Å². The molecule has 0 fully saturated rings. The summed E-state index contributed by atoms with van der Waals surface area (Å²) in [6.45, 7) is 2.52. The number of benzene rings is 2. The molecule has 1 amide bonds. The second-order valence-electron chi connectivity index (χ2n) is 7.58. The molecule has 7 heteroatoms. The van der Waals surface area contributed by atoms with E-state index in [1.807, 2.05) is 49.4 Å². The molecule has 0 spiro atoms. The first kappa shape index (κ1) is 20.5. The zero-order chi connectivity index (χ0) is 22.1. The van der Waals surface area contributed by atoms with Gasteiger partial charge in [0.1, 0.15) is 11.9 Å². The van der Waals surface area contributed by atoms with Gasteiger partial charge in [0.15, 0.2) is 11.0 Å². The van der Waals surface area contributed by atoms with Crippen LogP contribution in [0.1, 0.15) is 36.1 Å². The van der Waals surface area contributed by atoms with Crippen LogP contribution in [-0.2, 0) is 22.2 Å². The third-order valence-corrected chi connectivity index (χ3v) is 6.77. The standard InChI is InChI=1S/C25H22N2O4S/c1-2-30-25-21(7-4-14-26-25)18-5-3-6-20-19(18)12-13-22(20)31-17-10-8-16(9-11-17)23-15-24(28)27-32(23)29/h3-11,14-15,22H,2,12-13H2,1H3,(H,27,28)/t22-,32?/m1/s1. The van der Waals surface area contributed by atoms with Gasteiger partial charge in [-0.05, 0) is 66.3 Å². The van der Waals surface area contributed by atoms with Crippen molar-refractivity contribution >= 4 is 21.8 Å². The van der Waals surface area contributed by atoms with Crippen molar-refractivity contribution in [1.29, 1.82) is 0 Å². The molecule has 1 aliphatic carbocycles. The van der Waals surface area contributed by atoms with Gasteiger partial charge in [0.2, 0.25) is 5.88 Å². The number of nitrogens with zero attached hydrogens (tertiary/aromatic N) is 1. The molecule has 1 aliphatic heterocycles. The molecule has 5 rings (SSSR count). The van der Waals surface area contributed by atoms with E-state index in [9.17, 15) is 9.00 Å². The Kier molecular flexibility index (Phi) is 5.49. The van der Waals surface area contributed by atoms with E-state index in [4.69, 9.17) is 9.47 Å². The third-order valence-electron chi connectivity index (χ3n) is 5.63. The van der Waals surface area contributed by atoms with Crippen LogP contribution in [-0.4, -0.2) is 21.7 Å². The van der Waals surface area contributed by atoms with Crippen LogP contribution >= 0.6 is 0 Å². The smallest absolute Gasteiger partial charge is 0.257 e. The zero-order valence-corrected chi connectivity index (χ0v) is 18.4. The van der Waals surface area contributed by atoms with Gasteiger partial charge in [-0.25, -0.2) is 9.19 Å². The van der Waals surface area contributed by atoms with E-state index in [-0.39, 0.29) is 12.0 Å². The lowest BCUT2D eigenvalue weighted by atomic mass is 9.97. The first-order valence-corrected chi connectivity index (χ1v) is 11.7. The van der Waals surface area contributed by atoms with Crippen molar-refractivity contribution in [3.05, 3.63) is 83.6 Å². The van der Waals surface area contributed by atoms with Crippen molar-refractivity contribution in [2.24, 2.45) is 0 Å². The number of carbonyl (C=O) groups excluding carboxylic acids is 1. The van der Waals surface area contributed by atoms with Crippen LogP contribution in [0.5, 0.6) is 11.6 Å². The molecule has 162 valence electrons. The average Bonchev–Trinajstić information content (AvgIpc) is 3.37. The summed E-state index contributed by atoms with van der Waals surface area (Å²) in [6, 6.07) is 17.6. The summed E-state index contributed by atoms with van der Waals surface area (Å²) in [5.74, 6) is 1.05. The van der Waals surface area contributed by atoms with Crippen LogP contribution in [0.25, 0.3) is 16.0 Å². The molecular weight excluding hydrogens is 424 g/mol. The van der Waals surface area contributed by atoms with Crippen LogP contribution in [0.15, 0.2) is 66.9 Å². The number of nitrogens with one attached hydrogen (secondary N) is 1. The van der Waals surface area contributed by atoms with E-state index in [1.54, 1.807) is 6.20 Å². The Hall–Kier alpha value is -3.45. The van der Waals surface area contributed by atoms with Crippen LogP contribution in [0, 0.1) is 0 Å². The number of carbonyl (C=O) groups is 1. The summed E-state index contributed by atoms with van der Waals surface area (Å²) < 4.78 is 26.4. The Balaban J connectivity index is 1.39. The summed E-state index contributed by atoms with van der Waals surface area (Å²) in [7, 11) is -1.50. The second kappa shape index (κ2) is 8.59. The quantitative estimate of drug-likeness (QED) is 0.609. The number of rotatable bonds is 6. The van der Waals surface area contributed by atoms with Gasteiger partial charge in [0, 0.05) is 17.8 Å². The lowest BCUT2D eigenvalue weighted by molar-refractivity contribution is -0.114. The molecule has 0 saturated heterocycles. The molecule has 0 bridgehead atoms. The second-order valence-corrected chi connectivity index (χ2v) is 8.76. The highest BCUT2D eigenvalue weighted by molar-refractivity contribution is 7.93. The highest BCUT2D eigenvalue weighted by atomic mass is 32.2. The van der Waals surface area contributed by atoms with E-state index in [2.05, 4.69) is 21.8 Å². The van der Waals surface area contributed by atoms with Crippen molar-refractivity contribution in [1.82, 2.24) is 9.71 Å². The Morgan fingerprint density at radius 3 is 2.66 bits per heavy atom. The van der Waals surface area contributed by atoms with Gasteiger partial charge in [-0.1, -0.05) is 30.3 Å². The molecule has 6 nitrogen and oxygen atoms in total. The van der Waals surface area contributed by atoms with Gasteiger partial charge in [-0.3, -0.25) is 9.52 Å². The number of hydrogen-bond acceptors (Lipinski definition) is 5. The maximum Gasteiger partial charge on any atom is 0.257 e. The maximum atomic E-state index is 12.0. The number of pyridine rings is 1. The van der Waals surface area contributed by atoms with Gasteiger partial charge in [0.25, 0.3) is 5.91 Å². The van der Waals surface area contributed by atoms with E-state index < -0.39 is 11.0 Å². The van der Waals surface area contributed by atoms with Crippen molar-refractivity contribution in [3.63, 3.8) is 0 Å². The van der Waals surface area contributed by atoms with E-state index in [0.29, 0.717) is 17.4 Å². The SMILES string of the molecule is CCOc1ncccc1-c1cccc2c1CC[C@H]2Oc1ccc(C2=CC(=O)NS2=O)cc1. The molecule has 0 saturated carbocycles. The van der Waals surface area contributed by atoms with Crippen LogP contribution in [0.4, 0.5) is 0 Å². The predicted molar refractivity (Wildman–Crippen MR) is 123 cm³/mol. The minimum absolute atomic E-state index is 0.0499. The number of fused-ring (bicyclic) bond motifs is 1. The highest BCUT2D eigenvalue weighted by Crippen LogP contribution is 2.42. The fourth-order valence-electron chi connectivity index (χ4n) is 4.24. The molecule has 2 heterocycles. The van der Waals surface area contributed by atoms with Crippen LogP contribution in [0.2, 0.25) is 0 Å². The van der Waals surface area contributed by atoms with Gasteiger partial charge in [-0.15, -0.1) is 0 Å². The monoisotopic (exact) mass is 446 g/mol. The van der Waals surface area contributed by atoms with Crippen molar-refractivity contribution in [2.45, 2.75) is 25.9 Å². The van der Waals surface area contributed by atoms with E-state index in [0.717, 1.165) is 35.3 Å². The molecule has 32 heavy (non-hydrogen) atoms. The predicted octanol–water partition coefficient (Wildman–Crippen LogP) is 4.35. The molecule has 2 atom stereocenters. The van der Waals surface area contributed by atoms with Gasteiger partial charge < -0.3 is 9.47 Å². The van der Waals surface area contributed by atoms with Gasteiger partial charge in [-0.2, -0.15) is 0 Å². The molecule has 3 aromatic rings. The summed E-state index contributed by atoms with van der Waals surface area (Å²) in [4.78, 5) is 16.3. The molecular formula is C25H22N2O4S. The summed E-state index contributed by atoms with van der Waals surface area (Å²) in [5, 5.41) is 0. The number of ether oxygens (including phenoxy) is 2. The van der Waals surface area contributed by atoms with Gasteiger partial charge >= 0.3 is 0 Å². The van der Waals surface area contributed by atoms with E-state index in [1.165, 1.54) is 17.2 Å². The fraction of sp³-hybridized carbons (Fsp3) is 0.200. The first-order valence-electron chi connectivity index (χ1n) is 10.5. The fourth-order valence-corrected chi connectivity index (χ4v) is 5.16. The summed E-state index contributed by atoms with van der Waals surface area (Å²) >= 11 is 0. The molecule has 2 aliphatic rings. The average molecular weight is 447 g/mol. The molecule has 1 N–H and O–H groups in total. The summed E-state index contributed by atoms with van der Waals surface area (Å²) in [5.41, 5.74) is 5.31. The lowest BCUT2D eigenvalue weighted by Crippen LogP contribution is -2.16. The van der Waals surface area contributed by atoms with Crippen molar-refractivity contribution in [3.8, 4) is 22.8 Å². The minimum Gasteiger partial charge on any atom is -0.486 e. The van der Waals surface area contributed by atoms with Crippen molar-refractivity contribution < 1.29 is 18.5 Å². The largest absolute Gasteiger partial charge is 0.486 e. The third kappa shape index (κ3) is 3.80. The topological polar surface area (TPSA) is 77.5 Å². The van der Waals surface area contributed by atoms with Crippen molar-refractivity contribution in [2.75, 3.05) is 6.61 Å². The minimum atomic E-state index is -1.50. The molecule has 1 unspecified atom stereocenters. The molecule has 0 radical (unpaired) electrons. The molecule has 2 aromatic carbocycles. The zero-order valence-electron chi connectivity index (χ0n) is 17.5. The molecule has 1 aromatic heterocycles. The normalized spacial score (nSPS) is 19.3. The maximum absolute atomic E-state index is 12.0. The van der Waals surface area contributed by atoms with Crippen LogP contribution < -0.4 is 14.2 Å². The number of amides is 1. The highest BCUT2D eigenvalue weighted by Gasteiger charge is 2.28. The summed E-state index contributed by atoms with van der Waals surface area (Å²) in [6.07, 6.45) is 4.86. The first-order chi connectivity index (χ1) is 15.6. The van der Waals surface area contributed by atoms with Crippen LogP contribution in [0.3, 0.4) is 0 Å². The van der Waals surface area contributed by atoms with Gasteiger partial charge in [0.05, 0.1) is 11.5 Å². The lowest BCUT2D eigenvalue weighted by Gasteiger charge is -2.17. The van der Waals surface area contributed by atoms with E-state index >= 15 is 0 Å². The number of aromatic nitrogens is 1.